The summed E-state index contributed by atoms with van der Waals surface area (Å²) in [6, 6.07) is 7.63. The van der Waals surface area contributed by atoms with Crippen LogP contribution in [0.2, 0.25) is 0 Å². The number of hydrogen-bond donors (Lipinski definition) is 2. The van der Waals surface area contributed by atoms with Gasteiger partial charge in [-0.3, -0.25) is 4.79 Å². The molecule has 160 valence electrons. The van der Waals surface area contributed by atoms with Crippen molar-refractivity contribution in [2.24, 2.45) is 0 Å². The van der Waals surface area contributed by atoms with Crippen LogP contribution in [0.25, 0.3) is 22.2 Å². The van der Waals surface area contributed by atoms with Gasteiger partial charge in [-0.1, -0.05) is 19.1 Å². The molecule has 0 aliphatic carbocycles. The zero-order valence-corrected chi connectivity index (χ0v) is 17.2. The highest BCUT2D eigenvalue weighted by Gasteiger charge is 2.36. The molecule has 5 rings (SSSR count). The molecule has 4 heterocycles. The number of carbonyl (C=O) groups is 1. The van der Waals surface area contributed by atoms with Crippen molar-refractivity contribution in [1.82, 2.24) is 34.0 Å². The molecule has 10 heteroatoms. The lowest BCUT2D eigenvalue weighted by Crippen LogP contribution is -2.30. The molecule has 3 aromatic heterocycles. The van der Waals surface area contributed by atoms with Crippen LogP contribution in [-0.2, 0) is 17.8 Å². The minimum Gasteiger partial charge on any atom is -0.389 e. The molecule has 0 radical (unpaired) electrons. The number of carbonyl (C=O) groups excluding carboxylic acids is 1. The molecule has 3 N–H and O–H groups in total. The highest BCUT2D eigenvalue weighted by molar-refractivity contribution is 5.81. The van der Waals surface area contributed by atoms with Crippen molar-refractivity contribution in [2.45, 2.75) is 38.5 Å². The number of fused-ring (bicyclic) bond motifs is 2. The first kappa shape index (κ1) is 19.4. The van der Waals surface area contributed by atoms with E-state index in [1.165, 1.54) is 6.33 Å². The fourth-order valence-electron chi connectivity index (χ4n) is 4.37. The number of nitrogens with two attached hydrogens (primary N) is 1. The first-order valence-electron chi connectivity index (χ1n) is 10.4. The van der Waals surface area contributed by atoms with E-state index in [1.807, 2.05) is 24.3 Å². The topological polar surface area (TPSA) is 128 Å². The van der Waals surface area contributed by atoms with E-state index < -0.39 is 6.10 Å². The Balaban J connectivity index is 1.32. The number of aliphatic hydroxyl groups excluding tert-OH is 1. The number of benzene rings is 1. The van der Waals surface area contributed by atoms with Gasteiger partial charge in [0.25, 0.3) is 0 Å². The van der Waals surface area contributed by atoms with E-state index in [-0.39, 0.29) is 18.5 Å². The van der Waals surface area contributed by atoms with Crippen LogP contribution >= 0.6 is 0 Å². The number of anilines is 1. The zero-order valence-electron chi connectivity index (χ0n) is 17.2. The monoisotopic (exact) mass is 420 g/mol. The number of nitrogen functional groups attached to an aromatic ring is 1. The molecule has 31 heavy (non-hydrogen) atoms. The number of hydrogen-bond acceptors (Lipinski definition) is 7. The molecule has 1 aliphatic heterocycles. The van der Waals surface area contributed by atoms with E-state index in [1.54, 1.807) is 15.8 Å². The molecule has 2 atom stereocenters. The average Bonchev–Trinajstić information content (AvgIpc) is 3.47. The molecular weight excluding hydrogens is 396 g/mol. The molecule has 0 saturated carbocycles. The van der Waals surface area contributed by atoms with Gasteiger partial charge in [0.15, 0.2) is 11.5 Å². The maximum atomic E-state index is 13.0. The number of aromatic nitrogens is 6. The van der Waals surface area contributed by atoms with Gasteiger partial charge in [-0.25, -0.2) is 19.9 Å². The summed E-state index contributed by atoms with van der Waals surface area (Å²) in [5.74, 6) is 1.26. The van der Waals surface area contributed by atoms with Crippen molar-refractivity contribution in [1.29, 1.82) is 0 Å². The Labute approximate surface area is 178 Å². The maximum Gasteiger partial charge on any atom is 0.224 e. The third kappa shape index (κ3) is 3.28. The first-order chi connectivity index (χ1) is 15.1. The van der Waals surface area contributed by atoms with E-state index in [4.69, 9.17) is 5.73 Å². The Kier molecular flexibility index (Phi) is 4.78. The van der Waals surface area contributed by atoms with Gasteiger partial charge in [0.2, 0.25) is 5.91 Å². The van der Waals surface area contributed by atoms with Crippen molar-refractivity contribution in [3.05, 3.63) is 42.7 Å². The summed E-state index contributed by atoms with van der Waals surface area (Å²) in [6.07, 6.45) is 3.40. The van der Waals surface area contributed by atoms with Gasteiger partial charge in [0.1, 0.15) is 17.7 Å². The zero-order chi connectivity index (χ0) is 21.5. The van der Waals surface area contributed by atoms with Crippen LogP contribution in [0, 0.1) is 0 Å². The van der Waals surface area contributed by atoms with Gasteiger partial charge >= 0.3 is 0 Å². The van der Waals surface area contributed by atoms with Gasteiger partial charge in [-0.2, -0.15) is 0 Å². The number of amides is 1. The molecular formula is C21H24N8O2. The van der Waals surface area contributed by atoms with Crippen LogP contribution in [0.5, 0.6) is 0 Å². The third-order valence-electron chi connectivity index (χ3n) is 5.96. The minimum atomic E-state index is -0.710. The minimum absolute atomic E-state index is 0.0000511. The van der Waals surface area contributed by atoms with Gasteiger partial charge in [0.05, 0.1) is 29.5 Å². The molecule has 1 fully saturated rings. The molecule has 1 saturated heterocycles. The molecule has 1 aliphatic rings. The first-order valence-corrected chi connectivity index (χ1v) is 10.4. The van der Waals surface area contributed by atoms with Crippen LogP contribution < -0.4 is 5.73 Å². The van der Waals surface area contributed by atoms with Crippen LogP contribution in [0.3, 0.4) is 0 Å². The largest absolute Gasteiger partial charge is 0.389 e. The molecule has 1 aromatic carbocycles. The Bertz CT molecular complexity index is 1260. The van der Waals surface area contributed by atoms with E-state index >= 15 is 0 Å². The maximum absolute atomic E-state index is 13.0. The van der Waals surface area contributed by atoms with Crippen molar-refractivity contribution in [3.8, 4) is 0 Å². The normalized spacial score (nSPS) is 19.0. The number of nitrogens with zero attached hydrogens (tertiary/aromatic N) is 7. The SMILES string of the molecule is CCc1nc2ccccc2n1CCC(=O)N1C[C@@H](O)[C@H](n2cnc3c(N)ncnc32)C1. The predicted molar refractivity (Wildman–Crippen MR) is 115 cm³/mol. The summed E-state index contributed by atoms with van der Waals surface area (Å²) < 4.78 is 3.89. The highest BCUT2D eigenvalue weighted by atomic mass is 16.3. The summed E-state index contributed by atoms with van der Waals surface area (Å²) in [5, 5.41) is 10.7. The summed E-state index contributed by atoms with van der Waals surface area (Å²) in [5.41, 5.74) is 8.90. The van der Waals surface area contributed by atoms with E-state index in [0.29, 0.717) is 36.5 Å². The van der Waals surface area contributed by atoms with Crippen molar-refractivity contribution in [3.63, 3.8) is 0 Å². The summed E-state index contributed by atoms with van der Waals surface area (Å²) in [6.45, 7) is 3.28. The third-order valence-corrected chi connectivity index (χ3v) is 5.96. The predicted octanol–water partition coefficient (Wildman–Crippen LogP) is 1.16. The van der Waals surface area contributed by atoms with Gasteiger partial charge in [0, 0.05) is 32.5 Å². The van der Waals surface area contributed by atoms with Gasteiger partial charge < -0.3 is 24.9 Å². The number of β-amino-alcohol motifs (C(OH)–C–C–N with tert-alkyl or cyclic N) is 1. The van der Waals surface area contributed by atoms with Crippen molar-refractivity contribution >= 4 is 33.9 Å². The van der Waals surface area contributed by atoms with Crippen molar-refractivity contribution < 1.29 is 9.90 Å². The van der Waals surface area contributed by atoms with Crippen LogP contribution in [-0.4, -0.2) is 64.2 Å². The fourth-order valence-corrected chi connectivity index (χ4v) is 4.37. The Hall–Kier alpha value is -3.53. The van der Waals surface area contributed by atoms with Crippen molar-refractivity contribution in [2.75, 3.05) is 18.8 Å². The van der Waals surface area contributed by atoms with E-state index in [0.717, 1.165) is 23.3 Å². The summed E-state index contributed by atoms with van der Waals surface area (Å²) in [7, 11) is 0. The number of likely N-dealkylation sites (tertiary alicyclic amines) is 1. The number of para-hydroxylation sites is 2. The molecule has 0 bridgehead atoms. The molecule has 1 amide bonds. The number of aliphatic hydroxyl groups is 1. The standard InChI is InChI=1S/C21H24N8O2/c1-2-17-26-13-5-3-4-6-14(13)28(17)8-7-18(31)27-9-15(16(30)10-27)29-12-25-19-20(22)23-11-24-21(19)29/h3-6,11-12,15-16,30H,2,7-10H2,1H3,(H2,22,23,24)/t15-,16-/m1/s1. The molecule has 0 spiro atoms. The Morgan fingerprint density at radius 2 is 2.06 bits per heavy atom. The van der Waals surface area contributed by atoms with Gasteiger partial charge in [-0.15, -0.1) is 0 Å². The number of aryl methyl sites for hydroxylation is 2. The Morgan fingerprint density at radius 3 is 2.90 bits per heavy atom. The smallest absolute Gasteiger partial charge is 0.224 e. The Morgan fingerprint density at radius 1 is 1.23 bits per heavy atom. The van der Waals surface area contributed by atoms with Crippen LogP contribution in [0.15, 0.2) is 36.9 Å². The number of rotatable bonds is 5. The second kappa shape index (κ2) is 7.62. The second-order valence-corrected chi connectivity index (χ2v) is 7.79. The molecule has 4 aromatic rings. The van der Waals surface area contributed by atoms with E-state index in [9.17, 15) is 9.90 Å². The summed E-state index contributed by atoms with van der Waals surface area (Å²) >= 11 is 0. The lowest BCUT2D eigenvalue weighted by Gasteiger charge is -2.17. The van der Waals surface area contributed by atoms with Crippen LogP contribution in [0.4, 0.5) is 5.82 Å². The lowest BCUT2D eigenvalue weighted by molar-refractivity contribution is -0.130. The number of imidazole rings is 2. The average molecular weight is 420 g/mol. The van der Waals surface area contributed by atoms with Gasteiger partial charge in [-0.05, 0) is 12.1 Å². The van der Waals surface area contributed by atoms with Crippen LogP contribution in [0.1, 0.15) is 25.2 Å². The summed E-state index contributed by atoms with van der Waals surface area (Å²) in [4.78, 5) is 31.8. The second-order valence-electron chi connectivity index (χ2n) is 7.79. The lowest BCUT2D eigenvalue weighted by atomic mass is 10.2. The highest BCUT2D eigenvalue weighted by Crippen LogP contribution is 2.27. The van der Waals surface area contributed by atoms with E-state index in [2.05, 4.69) is 31.4 Å². The quantitative estimate of drug-likeness (QED) is 0.496. The molecule has 10 nitrogen and oxygen atoms in total. The molecule has 0 unspecified atom stereocenters. The fraction of sp³-hybridized carbons (Fsp3) is 0.381.